The van der Waals surface area contributed by atoms with Crippen LogP contribution >= 0.6 is 0 Å². The Labute approximate surface area is 122 Å². The zero-order chi connectivity index (χ0) is 14.4. The molecule has 0 saturated carbocycles. The van der Waals surface area contributed by atoms with Crippen LogP contribution in [0.1, 0.15) is 38.7 Å². The fraction of sp³-hybridized carbons (Fsp3) is 0.588. The second kappa shape index (κ2) is 6.89. The number of piperidine rings is 1. The Bertz CT molecular complexity index is 424. The molecule has 1 aromatic rings. The van der Waals surface area contributed by atoms with Crippen LogP contribution in [0.5, 0.6) is 0 Å². The first-order chi connectivity index (χ1) is 9.65. The molecular formula is C17H26N2O. The molecular weight excluding hydrogens is 248 g/mol. The van der Waals surface area contributed by atoms with Crippen LogP contribution in [0.4, 0.5) is 0 Å². The van der Waals surface area contributed by atoms with Crippen LogP contribution in [0.25, 0.3) is 0 Å². The number of rotatable bonds is 5. The van der Waals surface area contributed by atoms with Gasteiger partial charge in [-0.05, 0) is 38.3 Å². The van der Waals surface area contributed by atoms with Gasteiger partial charge in [-0.3, -0.25) is 4.79 Å². The maximum Gasteiger partial charge on any atom is 0.230 e. The third kappa shape index (κ3) is 3.60. The Balaban J connectivity index is 2.09. The molecule has 1 atom stereocenters. The van der Waals surface area contributed by atoms with Gasteiger partial charge in [-0.25, -0.2) is 0 Å². The van der Waals surface area contributed by atoms with Crippen LogP contribution in [-0.4, -0.2) is 30.4 Å². The molecule has 1 unspecified atom stereocenters. The molecule has 110 valence electrons. The highest BCUT2D eigenvalue weighted by atomic mass is 16.2. The monoisotopic (exact) mass is 274 g/mol. The van der Waals surface area contributed by atoms with E-state index >= 15 is 0 Å². The lowest BCUT2D eigenvalue weighted by Crippen LogP contribution is -2.50. The quantitative estimate of drug-likeness (QED) is 0.895. The Morgan fingerprint density at radius 1 is 1.35 bits per heavy atom. The zero-order valence-corrected chi connectivity index (χ0v) is 12.7. The highest BCUT2D eigenvalue weighted by Gasteiger charge is 2.37. The number of nitrogens with one attached hydrogen (secondary N) is 1. The largest absolute Gasteiger partial charge is 0.338 e. The minimum absolute atomic E-state index is 0.234. The minimum Gasteiger partial charge on any atom is -0.338 e. The number of amides is 1. The summed E-state index contributed by atoms with van der Waals surface area (Å²) in [4.78, 5) is 14.9. The molecule has 1 amide bonds. The van der Waals surface area contributed by atoms with Crippen LogP contribution in [0.3, 0.4) is 0 Å². The van der Waals surface area contributed by atoms with Crippen molar-refractivity contribution in [2.24, 2.45) is 5.41 Å². The average molecular weight is 274 g/mol. The highest BCUT2D eigenvalue weighted by Crippen LogP contribution is 2.28. The van der Waals surface area contributed by atoms with Crippen molar-refractivity contribution in [2.75, 3.05) is 19.6 Å². The molecule has 1 N–H and O–H groups in total. The molecule has 1 aliphatic heterocycles. The van der Waals surface area contributed by atoms with Gasteiger partial charge in [0.25, 0.3) is 0 Å². The zero-order valence-electron chi connectivity index (χ0n) is 12.7. The third-order valence-corrected chi connectivity index (χ3v) is 4.11. The number of hydrogen-bond donors (Lipinski definition) is 1. The van der Waals surface area contributed by atoms with E-state index in [1.807, 2.05) is 23.1 Å². The van der Waals surface area contributed by atoms with Gasteiger partial charge in [-0.2, -0.15) is 0 Å². The van der Waals surface area contributed by atoms with Gasteiger partial charge in [-0.15, -0.1) is 0 Å². The lowest BCUT2D eigenvalue weighted by molar-refractivity contribution is -0.143. The van der Waals surface area contributed by atoms with Crippen LogP contribution in [0.2, 0.25) is 0 Å². The standard InChI is InChI=1S/C17H26N2O/c1-3-12-19(13-15-8-5-4-6-9-15)16(20)17(2)10-7-11-18-14-17/h4-6,8-9,18H,3,7,10-14H2,1-2H3. The second-order valence-electron chi connectivity index (χ2n) is 6.05. The van der Waals surface area contributed by atoms with Crippen molar-refractivity contribution in [3.63, 3.8) is 0 Å². The predicted molar refractivity (Wildman–Crippen MR) is 82.4 cm³/mol. The molecule has 0 radical (unpaired) electrons. The van der Waals surface area contributed by atoms with Crippen molar-refractivity contribution in [1.82, 2.24) is 10.2 Å². The summed E-state index contributed by atoms with van der Waals surface area (Å²) in [6.07, 6.45) is 3.09. The van der Waals surface area contributed by atoms with E-state index in [-0.39, 0.29) is 5.41 Å². The molecule has 20 heavy (non-hydrogen) atoms. The minimum atomic E-state index is -0.234. The first-order valence-electron chi connectivity index (χ1n) is 7.70. The van der Waals surface area contributed by atoms with Crippen LogP contribution in [0, 0.1) is 5.41 Å². The Kier molecular flexibility index (Phi) is 5.18. The summed E-state index contributed by atoms with van der Waals surface area (Å²) in [7, 11) is 0. The first-order valence-corrected chi connectivity index (χ1v) is 7.70. The van der Waals surface area contributed by atoms with Gasteiger partial charge in [0.1, 0.15) is 0 Å². The van der Waals surface area contributed by atoms with Gasteiger partial charge >= 0.3 is 0 Å². The number of hydrogen-bond acceptors (Lipinski definition) is 2. The molecule has 3 heteroatoms. The van der Waals surface area contributed by atoms with E-state index in [4.69, 9.17) is 0 Å². The fourth-order valence-electron chi connectivity index (χ4n) is 2.95. The predicted octanol–water partition coefficient (Wildman–Crippen LogP) is 2.81. The first kappa shape index (κ1) is 15.0. The van der Waals surface area contributed by atoms with Crippen molar-refractivity contribution < 1.29 is 4.79 Å². The summed E-state index contributed by atoms with van der Waals surface area (Å²) in [5, 5.41) is 3.37. The number of nitrogens with zero attached hydrogens (tertiary/aromatic N) is 1. The Morgan fingerprint density at radius 3 is 2.70 bits per heavy atom. The van der Waals surface area contributed by atoms with Gasteiger partial charge in [0, 0.05) is 19.6 Å². The molecule has 2 rings (SSSR count). The summed E-state index contributed by atoms with van der Waals surface area (Å²) < 4.78 is 0. The van der Waals surface area contributed by atoms with Crippen LogP contribution < -0.4 is 5.32 Å². The van der Waals surface area contributed by atoms with E-state index in [9.17, 15) is 4.79 Å². The van der Waals surface area contributed by atoms with E-state index in [0.29, 0.717) is 5.91 Å². The van der Waals surface area contributed by atoms with Gasteiger partial charge in [0.2, 0.25) is 5.91 Å². The van der Waals surface area contributed by atoms with E-state index in [1.54, 1.807) is 0 Å². The number of carbonyl (C=O) groups excluding carboxylic acids is 1. The summed E-state index contributed by atoms with van der Waals surface area (Å²) in [6, 6.07) is 10.3. The smallest absolute Gasteiger partial charge is 0.230 e. The Hall–Kier alpha value is -1.35. The molecule has 1 aliphatic rings. The fourth-order valence-corrected chi connectivity index (χ4v) is 2.95. The van der Waals surface area contributed by atoms with Crippen molar-refractivity contribution in [2.45, 2.75) is 39.7 Å². The summed E-state index contributed by atoms with van der Waals surface area (Å²) in [5.74, 6) is 0.301. The number of benzene rings is 1. The van der Waals surface area contributed by atoms with Crippen LogP contribution in [-0.2, 0) is 11.3 Å². The molecule has 1 fully saturated rings. The topological polar surface area (TPSA) is 32.3 Å². The molecule has 0 spiro atoms. The van der Waals surface area contributed by atoms with E-state index in [0.717, 1.165) is 45.4 Å². The van der Waals surface area contributed by atoms with E-state index in [2.05, 4.69) is 31.3 Å². The van der Waals surface area contributed by atoms with Crippen molar-refractivity contribution in [3.05, 3.63) is 35.9 Å². The maximum atomic E-state index is 12.9. The summed E-state index contributed by atoms with van der Waals surface area (Å²) in [5.41, 5.74) is 0.976. The van der Waals surface area contributed by atoms with Crippen molar-refractivity contribution in [3.8, 4) is 0 Å². The maximum absolute atomic E-state index is 12.9. The molecule has 1 aromatic carbocycles. The molecule has 3 nitrogen and oxygen atoms in total. The summed E-state index contributed by atoms with van der Waals surface area (Å²) >= 11 is 0. The summed E-state index contributed by atoms with van der Waals surface area (Å²) in [6.45, 7) is 7.64. The SMILES string of the molecule is CCCN(Cc1ccccc1)C(=O)C1(C)CCCNC1. The molecule has 1 heterocycles. The molecule has 0 aliphatic carbocycles. The molecule has 1 saturated heterocycles. The van der Waals surface area contributed by atoms with Gasteiger partial charge in [0.05, 0.1) is 5.41 Å². The Morgan fingerprint density at radius 2 is 2.10 bits per heavy atom. The highest BCUT2D eigenvalue weighted by molar-refractivity contribution is 5.82. The second-order valence-corrected chi connectivity index (χ2v) is 6.05. The lowest BCUT2D eigenvalue weighted by Gasteiger charge is -2.37. The van der Waals surface area contributed by atoms with E-state index < -0.39 is 0 Å². The molecule has 0 aromatic heterocycles. The van der Waals surface area contributed by atoms with Crippen molar-refractivity contribution >= 4 is 5.91 Å². The third-order valence-electron chi connectivity index (χ3n) is 4.11. The van der Waals surface area contributed by atoms with Gasteiger partial charge in [-0.1, -0.05) is 37.3 Å². The normalized spacial score (nSPS) is 22.5. The van der Waals surface area contributed by atoms with Crippen LogP contribution in [0.15, 0.2) is 30.3 Å². The average Bonchev–Trinajstić information content (AvgIpc) is 2.48. The van der Waals surface area contributed by atoms with E-state index in [1.165, 1.54) is 5.56 Å². The van der Waals surface area contributed by atoms with Gasteiger partial charge < -0.3 is 10.2 Å². The molecule has 0 bridgehead atoms. The number of carbonyl (C=O) groups is 1. The van der Waals surface area contributed by atoms with Crippen molar-refractivity contribution in [1.29, 1.82) is 0 Å². The lowest BCUT2D eigenvalue weighted by atomic mass is 9.81. The van der Waals surface area contributed by atoms with Gasteiger partial charge in [0.15, 0.2) is 0 Å².